The minimum absolute atomic E-state index is 0.0660. The lowest BCUT2D eigenvalue weighted by Gasteiger charge is -2.17. The lowest BCUT2D eigenvalue weighted by molar-refractivity contribution is 0.770. The van der Waals surface area contributed by atoms with Crippen molar-refractivity contribution in [2.24, 2.45) is 5.73 Å². The third-order valence-corrected chi connectivity index (χ3v) is 3.03. The predicted molar refractivity (Wildman–Crippen MR) is 75.5 cm³/mol. The van der Waals surface area contributed by atoms with E-state index in [0.717, 1.165) is 5.56 Å². The van der Waals surface area contributed by atoms with Gasteiger partial charge in [-0.05, 0) is 17.7 Å². The van der Waals surface area contributed by atoms with E-state index in [1.807, 2.05) is 30.3 Å². The summed E-state index contributed by atoms with van der Waals surface area (Å²) < 4.78 is 1.21. The van der Waals surface area contributed by atoms with Crippen LogP contribution in [0.15, 0.2) is 47.3 Å². The van der Waals surface area contributed by atoms with Gasteiger partial charge < -0.3 is 11.1 Å². The Labute approximate surface area is 114 Å². The molecule has 20 heavy (non-hydrogen) atoms. The molecule has 7 nitrogen and oxygen atoms in total. The quantitative estimate of drug-likeness (QED) is 0.642. The molecule has 102 valence electrons. The molecule has 0 aliphatic rings. The molecule has 0 spiro atoms. The van der Waals surface area contributed by atoms with E-state index in [-0.39, 0.29) is 11.7 Å². The zero-order chi connectivity index (χ0) is 13.9. The molecule has 0 fully saturated rings. The van der Waals surface area contributed by atoms with Gasteiger partial charge in [0, 0.05) is 6.54 Å². The van der Waals surface area contributed by atoms with E-state index in [4.69, 9.17) is 5.73 Å². The molecule has 2 aromatic heterocycles. The highest BCUT2D eigenvalue weighted by Gasteiger charge is 2.10. The Morgan fingerprint density at radius 1 is 1.25 bits per heavy atom. The van der Waals surface area contributed by atoms with Crippen LogP contribution in [0.1, 0.15) is 11.6 Å². The number of hydrogen-bond donors (Lipinski definition) is 3. The van der Waals surface area contributed by atoms with Crippen molar-refractivity contribution in [1.82, 2.24) is 19.8 Å². The number of fused-ring (bicyclic) bond motifs is 1. The van der Waals surface area contributed by atoms with Gasteiger partial charge in [-0.2, -0.15) is 9.61 Å². The number of H-pyrrole nitrogens is 1. The lowest BCUT2D eigenvalue weighted by Crippen LogP contribution is -2.22. The molecule has 0 amide bonds. The van der Waals surface area contributed by atoms with E-state index < -0.39 is 0 Å². The Morgan fingerprint density at radius 2 is 2.05 bits per heavy atom. The molecule has 0 saturated heterocycles. The van der Waals surface area contributed by atoms with Crippen molar-refractivity contribution >= 4 is 11.5 Å². The van der Waals surface area contributed by atoms with Crippen LogP contribution in [-0.4, -0.2) is 26.4 Å². The molecule has 0 radical (unpaired) electrons. The van der Waals surface area contributed by atoms with Crippen LogP contribution in [0.3, 0.4) is 0 Å². The van der Waals surface area contributed by atoms with Gasteiger partial charge in [-0.1, -0.05) is 30.3 Å². The Morgan fingerprint density at radius 3 is 2.80 bits per heavy atom. The molecular weight excluding hydrogens is 256 g/mol. The molecule has 0 aliphatic heterocycles. The molecule has 3 rings (SSSR count). The van der Waals surface area contributed by atoms with Gasteiger partial charge >= 0.3 is 5.69 Å². The molecular formula is C13H14N6O. The third-order valence-electron chi connectivity index (χ3n) is 3.03. The smallest absolute Gasteiger partial charge is 0.361 e. The first-order chi connectivity index (χ1) is 9.78. The number of rotatable bonds is 4. The van der Waals surface area contributed by atoms with Crippen LogP contribution in [0.2, 0.25) is 0 Å². The number of benzene rings is 1. The first kappa shape index (κ1) is 12.4. The number of hydrogen-bond acceptors (Lipinski definition) is 5. The Bertz CT molecular complexity index is 763. The second-order valence-electron chi connectivity index (χ2n) is 4.36. The molecule has 3 aromatic rings. The van der Waals surface area contributed by atoms with Crippen LogP contribution < -0.4 is 16.7 Å². The van der Waals surface area contributed by atoms with Crippen molar-refractivity contribution in [3.8, 4) is 0 Å². The van der Waals surface area contributed by atoms with E-state index in [1.165, 1.54) is 4.52 Å². The largest absolute Gasteiger partial charge is 0.364 e. The molecule has 2 heterocycles. The van der Waals surface area contributed by atoms with Crippen molar-refractivity contribution in [2.45, 2.75) is 6.04 Å². The highest BCUT2D eigenvalue weighted by atomic mass is 16.2. The summed E-state index contributed by atoms with van der Waals surface area (Å²) in [4.78, 5) is 11.5. The molecule has 7 heteroatoms. The molecule has 0 saturated carbocycles. The molecule has 1 atom stereocenters. The Balaban J connectivity index is 1.91. The average Bonchev–Trinajstić information content (AvgIpc) is 2.87. The van der Waals surface area contributed by atoms with E-state index in [9.17, 15) is 4.79 Å². The van der Waals surface area contributed by atoms with Crippen LogP contribution in [0.25, 0.3) is 5.65 Å². The maximum absolute atomic E-state index is 11.5. The number of aromatic amines is 1. The maximum atomic E-state index is 11.5. The fraction of sp³-hybridized carbons (Fsp3) is 0.154. The fourth-order valence-electron chi connectivity index (χ4n) is 2.02. The number of nitrogens with zero attached hydrogens (tertiary/aromatic N) is 3. The van der Waals surface area contributed by atoms with E-state index in [2.05, 4.69) is 20.6 Å². The van der Waals surface area contributed by atoms with Gasteiger partial charge in [-0.15, -0.1) is 5.10 Å². The number of aromatic nitrogens is 4. The summed E-state index contributed by atoms with van der Waals surface area (Å²) in [5.74, 6) is 0.570. The normalized spacial score (nSPS) is 12.4. The highest BCUT2D eigenvalue weighted by Crippen LogP contribution is 2.16. The maximum Gasteiger partial charge on any atom is 0.364 e. The van der Waals surface area contributed by atoms with Crippen molar-refractivity contribution < 1.29 is 0 Å². The fourth-order valence-corrected chi connectivity index (χ4v) is 2.02. The van der Waals surface area contributed by atoms with Gasteiger partial charge in [0.25, 0.3) is 0 Å². The van der Waals surface area contributed by atoms with Gasteiger partial charge in [0.2, 0.25) is 0 Å². The van der Waals surface area contributed by atoms with Crippen molar-refractivity contribution in [3.63, 3.8) is 0 Å². The molecule has 0 aliphatic carbocycles. The van der Waals surface area contributed by atoms with Gasteiger partial charge in [-0.3, -0.25) is 0 Å². The Kier molecular flexibility index (Phi) is 3.18. The van der Waals surface area contributed by atoms with Gasteiger partial charge in [0.05, 0.1) is 6.04 Å². The van der Waals surface area contributed by atoms with Crippen molar-refractivity contribution in [2.75, 3.05) is 11.9 Å². The minimum atomic E-state index is -0.368. The van der Waals surface area contributed by atoms with Crippen LogP contribution in [-0.2, 0) is 0 Å². The summed E-state index contributed by atoms with van der Waals surface area (Å²) >= 11 is 0. The SMILES string of the molecule is NCC(Nc1ccc2n[nH]c(=O)n2n1)c1ccccc1. The van der Waals surface area contributed by atoms with Crippen LogP contribution >= 0.6 is 0 Å². The second-order valence-corrected chi connectivity index (χ2v) is 4.36. The van der Waals surface area contributed by atoms with Gasteiger partial charge in [0.15, 0.2) is 5.65 Å². The summed E-state index contributed by atoms with van der Waals surface area (Å²) in [6.45, 7) is 0.421. The molecule has 1 aromatic carbocycles. The van der Waals surface area contributed by atoms with Crippen LogP contribution in [0.4, 0.5) is 5.82 Å². The average molecular weight is 270 g/mol. The van der Waals surface area contributed by atoms with E-state index >= 15 is 0 Å². The van der Waals surface area contributed by atoms with Crippen molar-refractivity contribution in [1.29, 1.82) is 0 Å². The predicted octanol–water partition coefficient (Wildman–Crippen LogP) is 0.529. The number of anilines is 1. The van der Waals surface area contributed by atoms with E-state index in [1.54, 1.807) is 12.1 Å². The van der Waals surface area contributed by atoms with Crippen LogP contribution in [0, 0.1) is 0 Å². The zero-order valence-corrected chi connectivity index (χ0v) is 10.7. The standard InChI is InChI=1S/C13H14N6O/c14-8-10(9-4-2-1-3-5-9)15-11-6-7-12-16-17-13(20)19(12)18-11/h1-7,10H,8,14H2,(H,15,18)(H,17,20). The summed E-state index contributed by atoms with van der Waals surface area (Å²) in [6.07, 6.45) is 0. The van der Waals surface area contributed by atoms with Crippen molar-refractivity contribution in [3.05, 3.63) is 58.5 Å². The van der Waals surface area contributed by atoms with E-state index in [0.29, 0.717) is 18.0 Å². The summed E-state index contributed by atoms with van der Waals surface area (Å²) in [6, 6.07) is 13.3. The molecule has 1 unspecified atom stereocenters. The second kappa shape index (κ2) is 5.14. The summed E-state index contributed by atoms with van der Waals surface area (Å²) in [7, 11) is 0. The minimum Gasteiger partial charge on any atom is -0.361 e. The highest BCUT2D eigenvalue weighted by molar-refractivity contribution is 5.44. The summed E-state index contributed by atoms with van der Waals surface area (Å²) in [5, 5.41) is 13.6. The topological polar surface area (TPSA) is 101 Å². The zero-order valence-electron chi connectivity index (χ0n) is 10.7. The third kappa shape index (κ3) is 2.26. The Hall–Kier alpha value is -2.67. The number of nitrogens with one attached hydrogen (secondary N) is 2. The molecule has 4 N–H and O–H groups in total. The van der Waals surface area contributed by atoms with Gasteiger partial charge in [0.1, 0.15) is 5.82 Å². The van der Waals surface area contributed by atoms with Crippen LogP contribution in [0.5, 0.6) is 0 Å². The summed E-state index contributed by atoms with van der Waals surface area (Å²) in [5.41, 5.74) is 6.97. The first-order valence-corrected chi connectivity index (χ1v) is 6.24. The molecule has 0 bridgehead atoms. The van der Waals surface area contributed by atoms with Gasteiger partial charge in [-0.25, -0.2) is 9.89 Å². The monoisotopic (exact) mass is 270 g/mol. The lowest BCUT2D eigenvalue weighted by atomic mass is 10.1. The number of nitrogens with two attached hydrogens (primary N) is 1. The first-order valence-electron chi connectivity index (χ1n) is 6.24.